The first kappa shape index (κ1) is 15.1. The zero-order valence-corrected chi connectivity index (χ0v) is 14.1. The van der Waals surface area contributed by atoms with Gasteiger partial charge in [-0.25, -0.2) is 0 Å². The molecule has 128 valence electrons. The Kier molecular flexibility index (Phi) is 3.27. The number of ketones is 1. The molecule has 3 aliphatic rings. The first-order chi connectivity index (χ1) is 12.2. The van der Waals surface area contributed by atoms with Gasteiger partial charge >= 0.3 is 0 Å². The van der Waals surface area contributed by atoms with Gasteiger partial charge in [0, 0.05) is 11.1 Å². The smallest absolute Gasteiger partial charge is 0.197 e. The number of Topliss-reactive ketones (excluding diaryl/α,β-unsaturated/α-hetero) is 1. The average Bonchev–Trinajstić information content (AvgIpc) is 3.55. The number of ether oxygens (including phenoxy) is 3. The van der Waals surface area contributed by atoms with Crippen molar-refractivity contribution in [3.8, 4) is 5.75 Å². The van der Waals surface area contributed by atoms with E-state index >= 15 is 0 Å². The van der Waals surface area contributed by atoms with Crippen molar-refractivity contribution in [1.82, 2.24) is 0 Å². The molecule has 0 bridgehead atoms. The van der Waals surface area contributed by atoms with Gasteiger partial charge < -0.3 is 14.2 Å². The van der Waals surface area contributed by atoms with E-state index in [2.05, 4.69) is 6.07 Å². The first-order valence-corrected chi connectivity index (χ1v) is 8.83. The molecule has 0 aromatic heterocycles. The van der Waals surface area contributed by atoms with E-state index in [-0.39, 0.29) is 24.1 Å². The van der Waals surface area contributed by atoms with E-state index in [1.807, 2.05) is 42.5 Å². The van der Waals surface area contributed by atoms with Gasteiger partial charge in [0.1, 0.15) is 24.1 Å². The molecule has 0 N–H and O–H groups in total. The molecule has 2 aliphatic heterocycles. The Morgan fingerprint density at radius 3 is 2.80 bits per heavy atom. The van der Waals surface area contributed by atoms with Crippen LogP contribution in [0.5, 0.6) is 5.75 Å². The topological polar surface area (TPSA) is 51.4 Å². The molecule has 1 spiro atoms. The molecule has 2 heterocycles. The molecule has 1 aliphatic carbocycles. The summed E-state index contributed by atoms with van der Waals surface area (Å²) < 4.78 is 17.4. The predicted octanol–water partition coefficient (Wildman–Crippen LogP) is 3.49. The Labute approximate surface area is 146 Å². The highest BCUT2D eigenvalue weighted by molar-refractivity contribution is 6.06. The molecule has 25 heavy (non-hydrogen) atoms. The lowest BCUT2D eigenvalue weighted by Crippen LogP contribution is -2.29. The summed E-state index contributed by atoms with van der Waals surface area (Å²) in [6, 6.07) is 15.8. The summed E-state index contributed by atoms with van der Waals surface area (Å²) in [6.45, 7) is 0. The van der Waals surface area contributed by atoms with Crippen LogP contribution in [0.15, 0.2) is 48.5 Å². The van der Waals surface area contributed by atoms with Crippen molar-refractivity contribution in [1.29, 1.82) is 0 Å². The van der Waals surface area contributed by atoms with Crippen molar-refractivity contribution in [3.05, 3.63) is 65.2 Å². The van der Waals surface area contributed by atoms with Crippen LogP contribution in [-0.2, 0) is 15.9 Å². The van der Waals surface area contributed by atoms with Gasteiger partial charge in [-0.05, 0) is 30.9 Å². The lowest BCUT2D eigenvalue weighted by Gasteiger charge is -2.09. The van der Waals surface area contributed by atoms with Gasteiger partial charge in [0.05, 0.1) is 7.11 Å². The van der Waals surface area contributed by atoms with Crippen molar-refractivity contribution < 1.29 is 19.0 Å². The third-order valence-electron chi connectivity index (χ3n) is 5.65. The number of para-hydroxylation sites is 1. The van der Waals surface area contributed by atoms with Gasteiger partial charge in [-0.2, -0.15) is 0 Å². The number of fused-ring (bicyclic) bond motifs is 1. The number of epoxide rings is 2. The van der Waals surface area contributed by atoms with Crippen LogP contribution in [0.2, 0.25) is 0 Å². The fourth-order valence-corrected chi connectivity index (χ4v) is 4.26. The minimum atomic E-state index is -0.686. The summed E-state index contributed by atoms with van der Waals surface area (Å²) in [5.41, 5.74) is 2.30. The van der Waals surface area contributed by atoms with E-state index in [0.717, 1.165) is 41.7 Å². The number of carbonyl (C=O) groups is 1. The van der Waals surface area contributed by atoms with E-state index in [1.165, 1.54) is 0 Å². The Balaban J connectivity index is 1.40. The SMILES string of the molecule is COc1ccccc1[C@@H]1O[C@H]1[C@@H]1O[C@]12CCCc1ccccc1C2=O. The van der Waals surface area contributed by atoms with Gasteiger partial charge in [0.2, 0.25) is 0 Å². The summed E-state index contributed by atoms with van der Waals surface area (Å²) in [6.07, 6.45) is 2.40. The molecule has 2 aromatic rings. The number of rotatable bonds is 3. The number of aryl methyl sites for hydroxylation is 1. The summed E-state index contributed by atoms with van der Waals surface area (Å²) in [5, 5.41) is 0. The lowest BCUT2D eigenvalue weighted by atomic mass is 9.89. The van der Waals surface area contributed by atoms with Crippen LogP contribution in [-0.4, -0.2) is 30.7 Å². The normalized spacial score (nSPS) is 32.8. The van der Waals surface area contributed by atoms with Crippen LogP contribution in [0.3, 0.4) is 0 Å². The van der Waals surface area contributed by atoms with Crippen LogP contribution in [0.25, 0.3) is 0 Å². The largest absolute Gasteiger partial charge is 0.496 e. The predicted molar refractivity (Wildman–Crippen MR) is 91.9 cm³/mol. The molecule has 0 amide bonds. The van der Waals surface area contributed by atoms with Crippen molar-refractivity contribution in [2.45, 2.75) is 43.2 Å². The van der Waals surface area contributed by atoms with Gasteiger partial charge in [-0.15, -0.1) is 0 Å². The van der Waals surface area contributed by atoms with E-state index in [0.29, 0.717) is 0 Å². The quantitative estimate of drug-likeness (QED) is 0.805. The third-order valence-corrected chi connectivity index (χ3v) is 5.65. The molecule has 0 radical (unpaired) electrons. The Hall–Kier alpha value is -2.17. The summed E-state index contributed by atoms with van der Waals surface area (Å²) in [4.78, 5) is 13.1. The summed E-state index contributed by atoms with van der Waals surface area (Å²) in [7, 11) is 1.66. The number of benzene rings is 2. The van der Waals surface area contributed by atoms with Crippen LogP contribution < -0.4 is 4.74 Å². The second-order valence-electron chi connectivity index (χ2n) is 7.03. The summed E-state index contributed by atoms with van der Waals surface area (Å²) in [5.74, 6) is 0.946. The summed E-state index contributed by atoms with van der Waals surface area (Å²) >= 11 is 0. The van der Waals surface area contributed by atoms with Crippen molar-refractivity contribution >= 4 is 5.78 Å². The van der Waals surface area contributed by atoms with Crippen LogP contribution in [0.1, 0.15) is 40.4 Å². The van der Waals surface area contributed by atoms with Gasteiger partial charge in [0.25, 0.3) is 0 Å². The van der Waals surface area contributed by atoms with Crippen LogP contribution >= 0.6 is 0 Å². The maximum Gasteiger partial charge on any atom is 0.197 e. The van der Waals surface area contributed by atoms with E-state index < -0.39 is 5.60 Å². The zero-order chi connectivity index (χ0) is 17.0. The highest BCUT2D eigenvalue weighted by Gasteiger charge is 2.71. The standard InChI is InChI=1S/C21H20O4/c1-23-16-11-5-4-10-15(16)17-18(24-17)20-21(25-20)12-6-8-13-7-2-3-9-14(13)19(21)22/h2-5,7,9-11,17-18,20H,6,8,12H2,1H3/t17-,18+,20-,21-/m0/s1. The van der Waals surface area contributed by atoms with Crippen LogP contribution in [0, 0.1) is 0 Å². The Morgan fingerprint density at radius 2 is 1.92 bits per heavy atom. The molecule has 0 saturated carbocycles. The number of hydrogen-bond donors (Lipinski definition) is 0. The molecule has 5 rings (SSSR count). The van der Waals surface area contributed by atoms with Gasteiger partial charge in [0.15, 0.2) is 11.4 Å². The highest BCUT2D eigenvalue weighted by atomic mass is 16.7. The molecular formula is C21H20O4. The minimum absolute atomic E-state index is 0.0492. The maximum atomic E-state index is 13.1. The molecule has 4 nitrogen and oxygen atoms in total. The highest BCUT2D eigenvalue weighted by Crippen LogP contribution is 2.57. The van der Waals surface area contributed by atoms with Crippen molar-refractivity contribution in [3.63, 3.8) is 0 Å². The van der Waals surface area contributed by atoms with E-state index in [9.17, 15) is 4.79 Å². The van der Waals surface area contributed by atoms with E-state index in [1.54, 1.807) is 7.11 Å². The molecule has 0 unspecified atom stereocenters. The Morgan fingerprint density at radius 1 is 1.12 bits per heavy atom. The molecule has 2 aromatic carbocycles. The minimum Gasteiger partial charge on any atom is -0.496 e. The lowest BCUT2D eigenvalue weighted by molar-refractivity contribution is 0.0867. The monoisotopic (exact) mass is 336 g/mol. The van der Waals surface area contributed by atoms with E-state index in [4.69, 9.17) is 14.2 Å². The molecular weight excluding hydrogens is 316 g/mol. The first-order valence-electron chi connectivity index (χ1n) is 8.83. The number of hydrogen-bond acceptors (Lipinski definition) is 4. The molecule has 2 fully saturated rings. The maximum absolute atomic E-state index is 13.1. The second-order valence-corrected chi connectivity index (χ2v) is 7.03. The molecule has 4 atom stereocenters. The van der Waals surface area contributed by atoms with Gasteiger partial charge in [-0.1, -0.05) is 42.5 Å². The Bertz CT molecular complexity index is 845. The second kappa shape index (κ2) is 5.41. The fourth-order valence-electron chi connectivity index (χ4n) is 4.26. The molecule has 4 heteroatoms. The van der Waals surface area contributed by atoms with Crippen molar-refractivity contribution in [2.75, 3.05) is 7.11 Å². The number of methoxy groups -OCH3 is 1. The number of carbonyl (C=O) groups excluding carboxylic acids is 1. The van der Waals surface area contributed by atoms with Crippen LogP contribution in [0.4, 0.5) is 0 Å². The zero-order valence-electron chi connectivity index (χ0n) is 14.1. The third kappa shape index (κ3) is 2.25. The molecule has 2 saturated heterocycles. The van der Waals surface area contributed by atoms with Crippen molar-refractivity contribution in [2.24, 2.45) is 0 Å². The average molecular weight is 336 g/mol. The van der Waals surface area contributed by atoms with Gasteiger partial charge in [-0.3, -0.25) is 4.79 Å². The fraction of sp³-hybridized carbons (Fsp3) is 0.381.